The van der Waals surface area contributed by atoms with E-state index in [4.69, 9.17) is 5.26 Å². The quantitative estimate of drug-likeness (QED) is 0.511. The second-order valence-electron chi connectivity index (χ2n) is 2.53. The van der Waals surface area contributed by atoms with Crippen LogP contribution in [-0.4, -0.2) is 13.1 Å². The topological polar surface area (TPSA) is 50.1 Å². The summed E-state index contributed by atoms with van der Waals surface area (Å²) in [6.45, 7) is 0.784. The molecule has 0 bridgehead atoms. The third-order valence-electron chi connectivity index (χ3n) is 1.63. The minimum Gasteiger partial charge on any atom is -0.468 e. The monoisotopic (exact) mass is 175 g/mol. The van der Waals surface area contributed by atoms with Gasteiger partial charge in [0, 0.05) is 6.42 Å². The predicted molar refractivity (Wildman–Crippen MR) is 46.9 cm³/mol. The molecule has 0 aliphatic rings. The van der Waals surface area contributed by atoms with Crippen molar-refractivity contribution in [3.05, 3.63) is 35.4 Å². The van der Waals surface area contributed by atoms with Gasteiger partial charge in [0.25, 0.3) is 6.47 Å². The molecule has 0 N–H and O–H groups in total. The van der Waals surface area contributed by atoms with Crippen LogP contribution in [0.3, 0.4) is 0 Å². The third-order valence-corrected chi connectivity index (χ3v) is 1.63. The molecule has 0 heterocycles. The van der Waals surface area contributed by atoms with Crippen molar-refractivity contribution in [2.45, 2.75) is 6.42 Å². The molecule has 0 saturated heterocycles. The van der Waals surface area contributed by atoms with Crippen molar-refractivity contribution in [1.29, 1.82) is 5.26 Å². The van der Waals surface area contributed by atoms with Crippen molar-refractivity contribution in [1.82, 2.24) is 0 Å². The molecule has 66 valence electrons. The molecule has 3 nitrogen and oxygen atoms in total. The van der Waals surface area contributed by atoms with Crippen molar-refractivity contribution in [3.63, 3.8) is 0 Å². The highest BCUT2D eigenvalue weighted by molar-refractivity contribution is 5.37. The maximum absolute atomic E-state index is 9.84. The Bertz CT molecular complexity index is 328. The van der Waals surface area contributed by atoms with Gasteiger partial charge in [-0.15, -0.1) is 0 Å². The number of carbonyl (C=O) groups is 1. The molecule has 13 heavy (non-hydrogen) atoms. The van der Waals surface area contributed by atoms with Gasteiger partial charge in [0.2, 0.25) is 0 Å². The van der Waals surface area contributed by atoms with Gasteiger partial charge in [-0.25, -0.2) is 0 Å². The summed E-state index contributed by atoms with van der Waals surface area (Å²) in [5.74, 6) is 0. The summed E-state index contributed by atoms with van der Waals surface area (Å²) in [5, 5.41) is 8.60. The first-order valence-corrected chi connectivity index (χ1v) is 3.91. The van der Waals surface area contributed by atoms with Gasteiger partial charge in [-0.05, 0) is 17.7 Å². The van der Waals surface area contributed by atoms with Crippen LogP contribution < -0.4 is 0 Å². The molecule has 3 heteroatoms. The summed E-state index contributed by atoms with van der Waals surface area (Å²) >= 11 is 0. The van der Waals surface area contributed by atoms with Crippen molar-refractivity contribution >= 4 is 6.47 Å². The van der Waals surface area contributed by atoms with E-state index in [-0.39, 0.29) is 0 Å². The van der Waals surface area contributed by atoms with E-state index in [1.165, 1.54) is 0 Å². The van der Waals surface area contributed by atoms with Gasteiger partial charge in [-0.1, -0.05) is 12.1 Å². The predicted octanol–water partition coefficient (Wildman–Crippen LogP) is 1.27. The smallest absolute Gasteiger partial charge is 0.293 e. The first-order chi connectivity index (χ1) is 6.36. The highest BCUT2D eigenvalue weighted by Crippen LogP contribution is 2.04. The van der Waals surface area contributed by atoms with Gasteiger partial charge in [0.05, 0.1) is 18.2 Å². The molecular formula is C10H9NO2. The lowest BCUT2D eigenvalue weighted by Gasteiger charge is -1.99. The number of hydrogen-bond acceptors (Lipinski definition) is 3. The van der Waals surface area contributed by atoms with E-state index >= 15 is 0 Å². The molecule has 1 rings (SSSR count). The fourth-order valence-electron chi connectivity index (χ4n) is 1.02. The number of ether oxygens (including phenoxy) is 1. The molecule has 0 spiro atoms. The Morgan fingerprint density at radius 2 is 2.38 bits per heavy atom. The van der Waals surface area contributed by atoms with Crippen molar-refractivity contribution in [2.75, 3.05) is 6.61 Å². The summed E-state index contributed by atoms with van der Waals surface area (Å²) in [4.78, 5) is 9.84. The van der Waals surface area contributed by atoms with E-state index in [0.29, 0.717) is 25.1 Å². The van der Waals surface area contributed by atoms with E-state index in [2.05, 4.69) is 4.74 Å². The van der Waals surface area contributed by atoms with Crippen molar-refractivity contribution in [3.8, 4) is 6.07 Å². The SMILES string of the molecule is N#Cc1cccc(CCOC=O)c1. The molecule has 0 amide bonds. The summed E-state index contributed by atoms with van der Waals surface area (Å²) in [6, 6.07) is 9.29. The second-order valence-corrected chi connectivity index (χ2v) is 2.53. The summed E-state index contributed by atoms with van der Waals surface area (Å²) in [5.41, 5.74) is 1.63. The lowest BCUT2D eigenvalue weighted by Crippen LogP contribution is -1.96. The van der Waals surface area contributed by atoms with E-state index in [1.807, 2.05) is 18.2 Å². The number of nitrogens with zero attached hydrogens (tertiary/aromatic N) is 1. The average Bonchev–Trinajstić information content (AvgIpc) is 2.19. The van der Waals surface area contributed by atoms with Crippen LogP contribution in [-0.2, 0) is 16.0 Å². The molecule has 1 aromatic carbocycles. The Labute approximate surface area is 76.6 Å². The van der Waals surface area contributed by atoms with Gasteiger partial charge in [0.1, 0.15) is 0 Å². The third kappa shape index (κ3) is 2.96. The van der Waals surface area contributed by atoms with Crippen LogP contribution in [0.5, 0.6) is 0 Å². The van der Waals surface area contributed by atoms with Gasteiger partial charge < -0.3 is 4.74 Å². The fraction of sp³-hybridized carbons (Fsp3) is 0.200. The Balaban J connectivity index is 2.57. The maximum Gasteiger partial charge on any atom is 0.293 e. The van der Waals surface area contributed by atoms with Crippen molar-refractivity contribution < 1.29 is 9.53 Å². The van der Waals surface area contributed by atoms with E-state index in [9.17, 15) is 4.79 Å². The lowest BCUT2D eigenvalue weighted by molar-refractivity contribution is -0.128. The Morgan fingerprint density at radius 3 is 3.08 bits per heavy atom. The number of carbonyl (C=O) groups excluding carboxylic acids is 1. The molecule has 0 saturated carbocycles. The highest BCUT2D eigenvalue weighted by atomic mass is 16.5. The average molecular weight is 175 g/mol. The molecule has 0 radical (unpaired) electrons. The molecule has 0 aliphatic heterocycles. The van der Waals surface area contributed by atoms with Crippen LogP contribution >= 0.6 is 0 Å². The van der Waals surface area contributed by atoms with Gasteiger partial charge in [-0.2, -0.15) is 5.26 Å². The molecular weight excluding hydrogens is 166 g/mol. The summed E-state index contributed by atoms with van der Waals surface area (Å²) in [6.07, 6.45) is 0.647. The lowest BCUT2D eigenvalue weighted by atomic mass is 10.1. The van der Waals surface area contributed by atoms with Gasteiger partial charge in [0.15, 0.2) is 0 Å². The molecule has 0 aliphatic carbocycles. The van der Waals surface area contributed by atoms with Crippen LogP contribution in [0, 0.1) is 11.3 Å². The first kappa shape index (κ1) is 9.27. The van der Waals surface area contributed by atoms with Crippen LogP contribution in [0.15, 0.2) is 24.3 Å². The first-order valence-electron chi connectivity index (χ1n) is 3.91. The fourth-order valence-corrected chi connectivity index (χ4v) is 1.02. The minimum absolute atomic E-state index is 0.360. The van der Waals surface area contributed by atoms with E-state index in [0.717, 1.165) is 5.56 Å². The van der Waals surface area contributed by atoms with Crippen LogP contribution in [0.2, 0.25) is 0 Å². The molecule has 0 unspecified atom stereocenters. The molecule has 0 aromatic heterocycles. The number of hydrogen-bond donors (Lipinski definition) is 0. The largest absolute Gasteiger partial charge is 0.468 e. The van der Waals surface area contributed by atoms with Gasteiger partial charge in [-0.3, -0.25) is 4.79 Å². The Kier molecular flexibility index (Phi) is 3.52. The Hall–Kier alpha value is -1.82. The molecule has 0 atom stereocenters. The zero-order chi connectivity index (χ0) is 9.52. The normalized spacial score (nSPS) is 8.85. The van der Waals surface area contributed by atoms with Crippen LogP contribution in [0.25, 0.3) is 0 Å². The number of benzene rings is 1. The van der Waals surface area contributed by atoms with Crippen molar-refractivity contribution in [2.24, 2.45) is 0 Å². The Morgan fingerprint density at radius 1 is 1.54 bits per heavy atom. The van der Waals surface area contributed by atoms with Gasteiger partial charge >= 0.3 is 0 Å². The summed E-state index contributed by atoms with van der Waals surface area (Å²) in [7, 11) is 0. The zero-order valence-corrected chi connectivity index (χ0v) is 7.06. The number of rotatable bonds is 4. The molecule has 0 fully saturated rings. The highest BCUT2D eigenvalue weighted by Gasteiger charge is 1.94. The van der Waals surface area contributed by atoms with Crippen LogP contribution in [0.1, 0.15) is 11.1 Å². The molecule has 1 aromatic rings. The maximum atomic E-state index is 9.84. The number of nitriles is 1. The van der Waals surface area contributed by atoms with E-state index < -0.39 is 0 Å². The van der Waals surface area contributed by atoms with Crippen LogP contribution in [0.4, 0.5) is 0 Å². The zero-order valence-electron chi connectivity index (χ0n) is 7.06. The second kappa shape index (κ2) is 4.94. The minimum atomic E-state index is 0.360. The van der Waals surface area contributed by atoms with E-state index in [1.54, 1.807) is 12.1 Å². The standard InChI is InChI=1S/C10H9NO2/c11-7-10-3-1-2-9(6-10)4-5-13-8-12/h1-3,6,8H,4-5H2. The summed E-state index contributed by atoms with van der Waals surface area (Å²) < 4.78 is 4.55.